The van der Waals surface area contributed by atoms with Crippen LogP contribution in [0, 0.1) is 5.92 Å². The Labute approximate surface area is 115 Å². The molecule has 2 rings (SSSR count). The third-order valence-electron chi connectivity index (χ3n) is 3.74. The van der Waals surface area contributed by atoms with E-state index < -0.39 is 0 Å². The summed E-state index contributed by atoms with van der Waals surface area (Å²) < 4.78 is 0. The van der Waals surface area contributed by atoms with E-state index in [1.807, 2.05) is 12.1 Å². The summed E-state index contributed by atoms with van der Waals surface area (Å²) in [5.74, 6) is 0.908. The van der Waals surface area contributed by atoms with Gasteiger partial charge in [-0.3, -0.25) is 0 Å². The van der Waals surface area contributed by atoms with Crippen LogP contribution in [0.2, 0.25) is 0 Å². The predicted octanol–water partition coefficient (Wildman–Crippen LogP) is 2.94. The van der Waals surface area contributed by atoms with Crippen LogP contribution in [0.4, 0.5) is 0 Å². The molecule has 0 amide bonds. The molecule has 0 heterocycles. The predicted molar refractivity (Wildman–Crippen MR) is 80.6 cm³/mol. The first kappa shape index (κ1) is 13.5. The van der Waals surface area contributed by atoms with Crippen LogP contribution >= 0.6 is 12.2 Å². The smallest absolute Gasteiger partial charge is 0.103 e. The summed E-state index contributed by atoms with van der Waals surface area (Å²) in [6.07, 6.45) is 5.65. The number of benzene rings is 1. The summed E-state index contributed by atoms with van der Waals surface area (Å²) in [5.41, 5.74) is 7.88. The molecule has 2 N–H and O–H groups in total. The molecule has 0 aromatic heterocycles. The molecular formula is C15H22N2S. The minimum atomic E-state index is 0.473. The molecule has 0 aliphatic heterocycles. The van der Waals surface area contributed by atoms with Crippen LogP contribution in [-0.4, -0.2) is 23.5 Å². The Balaban J connectivity index is 1.86. The highest BCUT2D eigenvalue weighted by atomic mass is 32.1. The van der Waals surface area contributed by atoms with Gasteiger partial charge >= 0.3 is 0 Å². The normalized spacial score (nSPS) is 16.3. The topological polar surface area (TPSA) is 29.3 Å². The minimum Gasteiger partial charge on any atom is -0.389 e. The van der Waals surface area contributed by atoms with Crippen LogP contribution in [0.1, 0.15) is 36.8 Å². The molecule has 1 saturated carbocycles. The number of nitrogens with zero attached hydrogens (tertiary/aromatic N) is 1. The lowest BCUT2D eigenvalue weighted by Crippen LogP contribution is -2.24. The zero-order valence-corrected chi connectivity index (χ0v) is 11.9. The number of hydrogen-bond donors (Lipinski definition) is 1. The van der Waals surface area contributed by atoms with E-state index in [1.54, 1.807) is 0 Å². The van der Waals surface area contributed by atoms with Crippen LogP contribution < -0.4 is 5.73 Å². The molecule has 0 atom stereocenters. The van der Waals surface area contributed by atoms with Gasteiger partial charge in [-0.25, -0.2) is 0 Å². The third-order valence-corrected chi connectivity index (χ3v) is 3.97. The van der Waals surface area contributed by atoms with Crippen LogP contribution in [-0.2, 0) is 6.54 Å². The summed E-state index contributed by atoms with van der Waals surface area (Å²) in [5, 5.41) is 0. The van der Waals surface area contributed by atoms with E-state index in [9.17, 15) is 0 Å². The van der Waals surface area contributed by atoms with Crippen LogP contribution in [0.15, 0.2) is 24.3 Å². The molecule has 2 nitrogen and oxygen atoms in total. The number of thiocarbonyl (C=S) groups is 1. The van der Waals surface area contributed by atoms with E-state index in [2.05, 4.69) is 24.1 Å². The highest BCUT2D eigenvalue weighted by Crippen LogP contribution is 2.25. The maximum atomic E-state index is 5.59. The van der Waals surface area contributed by atoms with Crippen molar-refractivity contribution in [2.45, 2.75) is 32.2 Å². The number of rotatable bonds is 5. The molecule has 1 aliphatic carbocycles. The molecule has 0 radical (unpaired) electrons. The lowest BCUT2D eigenvalue weighted by Gasteiger charge is -2.20. The first-order valence-electron chi connectivity index (χ1n) is 6.72. The monoisotopic (exact) mass is 262 g/mol. The molecule has 1 aromatic carbocycles. The molecule has 98 valence electrons. The van der Waals surface area contributed by atoms with Gasteiger partial charge in [0.1, 0.15) is 4.99 Å². The Morgan fingerprint density at radius 1 is 1.28 bits per heavy atom. The van der Waals surface area contributed by atoms with Gasteiger partial charge in [-0.2, -0.15) is 0 Å². The van der Waals surface area contributed by atoms with E-state index in [-0.39, 0.29) is 0 Å². The summed E-state index contributed by atoms with van der Waals surface area (Å²) in [4.78, 5) is 2.90. The zero-order valence-electron chi connectivity index (χ0n) is 11.1. The number of nitrogens with two attached hydrogens (primary N) is 1. The molecule has 3 heteroatoms. The van der Waals surface area contributed by atoms with E-state index in [0.717, 1.165) is 18.0 Å². The second-order valence-electron chi connectivity index (χ2n) is 5.41. The van der Waals surface area contributed by atoms with Gasteiger partial charge in [0.05, 0.1) is 0 Å². The fraction of sp³-hybridized carbons (Fsp3) is 0.533. The molecular weight excluding hydrogens is 240 g/mol. The maximum absolute atomic E-state index is 5.59. The Morgan fingerprint density at radius 2 is 1.89 bits per heavy atom. The average molecular weight is 262 g/mol. The lowest BCUT2D eigenvalue weighted by atomic mass is 10.1. The molecule has 0 unspecified atom stereocenters. The Kier molecular flexibility index (Phi) is 4.72. The van der Waals surface area contributed by atoms with Crippen molar-refractivity contribution in [3.8, 4) is 0 Å². The second kappa shape index (κ2) is 6.30. The fourth-order valence-electron chi connectivity index (χ4n) is 2.78. The quantitative estimate of drug-likeness (QED) is 0.827. The van der Waals surface area contributed by atoms with Crippen molar-refractivity contribution in [3.05, 3.63) is 35.4 Å². The largest absolute Gasteiger partial charge is 0.389 e. The van der Waals surface area contributed by atoms with E-state index >= 15 is 0 Å². The lowest BCUT2D eigenvalue weighted by molar-refractivity contribution is 0.271. The van der Waals surface area contributed by atoms with Gasteiger partial charge in [-0.1, -0.05) is 49.3 Å². The van der Waals surface area contributed by atoms with Crippen LogP contribution in [0.25, 0.3) is 0 Å². The van der Waals surface area contributed by atoms with E-state index in [4.69, 9.17) is 18.0 Å². The van der Waals surface area contributed by atoms with Crippen molar-refractivity contribution in [3.63, 3.8) is 0 Å². The fourth-order valence-corrected chi connectivity index (χ4v) is 2.92. The van der Waals surface area contributed by atoms with Gasteiger partial charge in [-0.15, -0.1) is 0 Å². The van der Waals surface area contributed by atoms with Crippen molar-refractivity contribution in [1.29, 1.82) is 0 Å². The van der Waals surface area contributed by atoms with Crippen molar-refractivity contribution in [2.75, 3.05) is 13.6 Å². The van der Waals surface area contributed by atoms with Gasteiger partial charge < -0.3 is 10.6 Å². The van der Waals surface area contributed by atoms with Crippen molar-refractivity contribution in [2.24, 2.45) is 11.7 Å². The Hall–Kier alpha value is -0.930. The minimum absolute atomic E-state index is 0.473. The molecule has 0 saturated heterocycles. The summed E-state index contributed by atoms with van der Waals surface area (Å²) in [6, 6.07) is 8.28. The first-order valence-corrected chi connectivity index (χ1v) is 7.13. The van der Waals surface area contributed by atoms with Crippen LogP contribution in [0.5, 0.6) is 0 Å². The summed E-state index contributed by atoms with van der Waals surface area (Å²) in [7, 11) is 2.21. The van der Waals surface area contributed by atoms with E-state index in [0.29, 0.717) is 4.99 Å². The summed E-state index contributed by atoms with van der Waals surface area (Å²) in [6.45, 7) is 2.23. The Morgan fingerprint density at radius 3 is 2.44 bits per heavy atom. The molecule has 18 heavy (non-hydrogen) atoms. The highest BCUT2D eigenvalue weighted by Gasteiger charge is 2.16. The SMILES string of the molecule is CN(Cc1ccc(C(N)=S)cc1)CC1CCCC1. The first-order chi connectivity index (χ1) is 8.65. The molecule has 0 spiro atoms. The second-order valence-corrected chi connectivity index (χ2v) is 5.85. The standard InChI is InChI=1S/C15H22N2S/c1-17(10-12-4-2-3-5-12)11-13-6-8-14(9-7-13)15(16)18/h6-9,12H,2-5,10-11H2,1H3,(H2,16,18). The van der Waals surface area contributed by atoms with Crippen molar-refractivity contribution in [1.82, 2.24) is 4.90 Å². The average Bonchev–Trinajstić information content (AvgIpc) is 2.82. The Bertz CT molecular complexity index is 393. The highest BCUT2D eigenvalue weighted by molar-refractivity contribution is 7.80. The van der Waals surface area contributed by atoms with Crippen LogP contribution in [0.3, 0.4) is 0 Å². The van der Waals surface area contributed by atoms with E-state index in [1.165, 1.54) is 37.8 Å². The maximum Gasteiger partial charge on any atom is 0.103 e. The van der Waals surface area contributed by atoms with Gasteiger partial charge in [0.15, 0.2) is 0 Å². The van der Waals surface area contributed by atoms with Crippen molar-refractivity contribution < 1.29 is 0 Å². The number of hydrogen-bond acceptors (Lipinski definition) is 2. The van der Waals surface area contributed by atoms with Gasteiger partial charge in [0.2, 0.25) is 0 Å². The molecule has 0 bridgehead atoms. The third kappa shape index (κ3) is 3.79. The molecule has 1 aliphatic rings. The molecule has 1 fully saturated rings. The van der Waals surface area contributed by atoms with Gasteiger partial charge in [0.25, 0.3) is 0 Å². The molecule has 1 aromatic rings. The zero-order chi connectivity index (χ0) is 13.0. The summed E-state index contributed by atoms with van der Waals surface area (Å²) >= 11 is 4.96. The van der Waals surface area contributed by atoms with Crippen molar-refractivity contribution >= 4 is 17.2 Å². The van der Waals surface area contributed by atoms with Gasteiger partial charge in [0, 0.05) is 18.7 Å². The van der Waals surface area contributed by atoms with Gasteiger partial charge in [-0.05, 0) is 31.4 Å².